The van der Waals surface area contributed by atoms with Crippen molar-refractivity contribution < 1.29 is 15.0 Å². The Morgan fingerprint density at radius 3 is 1.62 bits per heavy atom. The topological polar surface area (TPSA) is 69.6 Å². The van der Waals surface area contributed by atoms with Crippen molar-refractivity contribution in [2.24, 2.45) is 0 Å². The maximum absolute atomic E-state index is 12.1. The standard InChI is InChI=1S/C28H55NO3/c1-3-5-7-9-11-13-14-15-16-17-19-21-23-27(31)26(25-30)29-28(32)24-22-20-18-12-10-8-6-4-2/h21,23,26-27,30-31H,3-20,22,24-25H2,1-2H3,(H,29,32)/b23-21+/t26-,27+/m0/s1. The van der Waals surface area contributed by atoms with E-state index in [2.05, 4.69) is 19.2 Å². The molecule has 190 valence electrons. The van der Waals surface area contributed by atoms with Gasteiger partial charge >= 0.3 is 0 Å². The number of allylic oxidation sites excluding steroid dienone is 1. The molecule has 4 heteroatoms. The molecule has 1 amide bonds. The Kier molecular flexibility index (Phi) is 24.1. The third-order valence-electron chi connectivity index (χ3n) is 6.27. The van der Waals surface area contributed by atoms with E-state index in [0.29, 0.717) is 6.42 Å². The summed E-state index contributed by atoms with van der Waals surface area (Å²) in [5.41, 5.74) is 0. The molecule has 0 aromatic carbocycles. The second kappa shape index (κ2) is 24.8. The molecular weight excluding hydrogens is 398 g/mol. The minimum atomic E-state index is -0.828. The van der Waals surface area contributed by atoms with E-state index in [1.165, 1.54) is 96.3 Å². The number of aliphatic hydroxyl groups excluding tert-OH is 2. The second-order valence-electron chi connectivity index (χ2n) is 9.47. The van der Waals surface area contributed by atoms with Crippen molar-refractivity contribution in [2.45, 2.75) is 154 Å². The summed E-state index contributed by atoms with van der Waals surface area (Å²) < 4.78 is 0. The smallest absolute Gasteiger partial charge is 0.220 e. The molecule has 0 aliphatic rings. The SMILES string of the molecule is CCCCCCCCCCCC/C=C/[C@@H](O)[C@H](CO)NC(=O)CCCCCCCCCC. The Labute approximate surface area is 199 Å². The normalized spacial score (nSPS) is 13.5. The number of hydrogen-bond acceptors (Lipinski definition) is 3. The third-order valence-corrected chi connectivity index (χ3v) is 6.27. The van der Waals surface area contributed by atoms with Crippen LogP contribution in [0.25, 0.3) is 0 Å². The lowest BCUT2D eigenvalue weighted by Crippen LogP contribution is -2.45. The monoisotopic (exact) mass is 453 g/mol. The van der Waals surface area contributed by atoms with Crippen LogP contribution in [-0.4, -0.2) is 34.9 Å². The van der Waals surface area contributed by atoms with E-state index in [1.807, 2.05) is 6.08 Å². The van der Waals surface area contributed by atoms with Crippen molar-refractivity contribution in [2.75, 3.05) is 6.61 Å². The van der Waals surface area contributed by atoms with Gasteiger partial charge in [0, 0.05) is 6.42 Å². The average Bonchev–Trinajstić information content (AvgIpc) is 2.79. The molecule has 0 aliphatic heterocycles. The zero-order valence-corrected chi connectivity index (χ0v) is 21.5. The largest absolute Gasteiger partial charge is 0.394 e. The predicted molar refractivity (Wildman–Crippen MR) is 138 cm³/mol. The first-order chi connectivity index (χ1) is 15.7. The molecule has 4 nitrogen and oxygen atoms in total. The number of aliphatic hydroxyl groups is 2. The van der Waals surface area contributed by atoms with Crippen LogP contribution in [0.15, 0.2) is 12.2 Å². The van der Waals surface area contributed by atoms with E-state index in [9.17, 15) is 15.0 Å². The molecule has 0 heterocycles. The van der Waals surface area contributed by atoms with Crippen LogP contribution in [0.2, 0.25) is 0 Å². The number of amides is 1. The molecule has 0 radical (unpaired) electrons. The molecule has 0 aromatic rings. The van der Waals surface area contributed by atoms with Gasteiger partial charge in [0.25, 0.3) is 0 Å². The molecule has 2 atom stereocenters. The summed E-state index contributed by atoms with van der Waals surface area (Å²) in [6, 6.07) is -0.611. The summed E-state index contributed by atoms with van der Waals surface area (Å²) in [5.74, 6) is -0.0721. The quantitative estimate of drug-likeness (QED) is 0.107. The number of rotatable bonds is 24. The molecule has 0 aliphatic carbocycles. The summed E-state index contributed by atoms with van der Waals surface area (Å²) in [7, 11) is 0. The second-order valence-corrected chi connectivity index (χ2v) is 9.47. The minimum Gasteiger partial charge on any atom is -0.394 e. The fourth-order valence-corrected chi connectivity index (χ4v) is 4.06. The van der Waals surface area contributed by atoms with Crippen molar-refractivity contribution >= 4 is 5.91 Å². The number of carbonyl (C=O) groups is 1. The molecular formula is C28H55NO3. The van der Waals surface area contributed by atoms with Crippen LogP contribution in [0.1, 0.15) is 142 Å². The summed E-state index contributed by atoms with van der Waals surface area (Å²) in [6.07, 6.45) is 27.1. The number of carbonyl (C=O) groups excluding carboxylic acids is 1. The van der Waals surface area contributed by atoms with Gasteiger partial charge in [-0.15, -0.1) is 0 Å². The van der Waals surface area contributed by atoms with Gasteiger partial charge in [-0.25, -0.2) is 0 Å². The summed E-state index contributed by atoms with van der Waals surface area (Å²) in [4.78, 5) is 12.1. The fraction of sp³-hybridized carbons (Fsp3) is 0.893. The molecule has 0 spiro atoms. The summed E-state index contributed by atoms with van der Waals surface area (Å²) in [6.45, 7) is 4.24. The number of hydrogen-bond donors (Lipinski definition) is 3. The molecule has 0 fully saturated rings. The van der Waals surface area contributed by atoms with E-state index in [0.717, 1.165) is 25.7 Å². The lowest BCUT2D eigenvalue weighted by Gasteiger charge is -2.20. The molecule has 0 unspecified atom stereocenters. The van der Waals surface area contributed by atoms with Crippen LogP contribution in [0.4, 0.5) is 0 Å². The van der Waals surface area contributed by atoms with E-state index in [1.54, 1.807) is 6.08 Å². The zero-order chi connectivity index (χ0) is 23.7. The van der Waals surface area contributed by atoms with E-state index in [-0.39, 0.29) is 12.5 Å². The number of nitrogens with one attached hydrogen (secondary N) is 1. The van der Waals surface area contributed by atoms with Crippen molar-refractivity contribution in [3.8, 4) is 0 Å². The van der Waals surface area contributed by atoms with E-state index < -0.39 is 12.1 Å². The van der Waals surface area contributed by atoms with Gasteiger partial charge in [-0.05, 0) is 19.3 Å². The maximum atomic E-state index is 12.1. The summed E-state index contributed by atoms with van der Waals surface area (Å²) in [5, 5.41) is 22.6. The minimum absolute atomic E-state index is 0.0721. The van der Waals surface area contributed by atoms with Gasteiger partial charge in [0.1, 0.15) is 0 Å². The van der Waals surface area contributed by atoms with Gasteiger partial charge in [0.2, 0.25) is 5.91 Å². The Hall–Kier alpha value is -0.870. The Morgan fingerprint density at radius 1 is 0.719 bits per heavy atom. The molecule has 0 aromatic heterocycles. The third kappa shape index (κ3) is 21.0. The van der Waals surface area contributed by atoms with Crippen molar-refractivity contribution in [1.82, 2.24) is 5.32 Å². The van der Waals surface area contributed by atoms with Gasteiger partial charge in [-0.2, -0.15) is 0 Å². The highest BCUT2D eigenvalue weighted by Gasteiger charge is 2.17. The lowest BCUT2D eigenvalue weighted by atomic mass is 10.1. The predicted octanol–water partition coefficient (Wildman–Crippen LogP) is 7.22. The van der Waals surface area contributed by atoms with Gasteiger partial charge < -0.3 is 15.5 Å². The Morgan fingerprint density at radius 2 is 1.16 bits per heavy atom. The van der Waals surface area contributed by atoms with Crippen LogP contribution >= 0.6 is 0 Å². The Bertz CT molecular complexity index is 425. The van der Waals surface area contributed by atoms with Crippen LogP contribution < -0.4 is 5.32 Å². The highest BCUT2D eigenvalue weighted by atomic mass is 16.3. The first kappa shape index (κ1) is 31.1. The van der Waals surface area contributed by atoms with Crippen molar-refractivity contribution in [3.05, 3.63) is 12.2 Å². The van der Waals surface area contributed by atoms with Crippen molar-refractivity contribution in [3.63, 3.8) is 0 Å². The van der Waals surface area contributed by atoms with E-state index in [4.69, 9.17) is 0 Å². The van der Waals surface area contributed by atoms with Crippen LogP contribution in [0, 0.1) is 0 Å². The first-order valence-electron chi connectivity index (χ1n) is 13.9. The zero-order valence-electron chi connectivity index (χ0n) is 21.5. The van der Waals surface area contributed by atoms with Crippen LogP contribution in [0.3, 0.4) is 0 Å². The molecule has 0 saturated heterocycles. The lowest BCUT2D eigenvalue weighted by molar-refractivity contribution is -0.123. The molecule has 0 saturated carbocycles. The van der Waals surface area contributed by atoms with Gasteiger partial charge in [-0.1, -0.05) is 129 Å². The van der Waals surface area contributed by atoms with Crippen LogP contribution in [-0.2, 0) is 4.79 Å². The first-order valence-corrected chi connectivity index (χ1v) is 13.9. The average molecular weight is 454 g/mol. The molecule has 0 rings (SSSR count). The van der Waals surface area contributed by atoms with Crippen molar-refractivity contribution in [1.29, 1.82) is 0 Å². The summed E-state index contributed by atoms with van der Waals surface area (Å²) >= 11 is 0. The maximum Gasteiger partial charge on any atom is 0.220 e. The Balaban J connectivity index is 3.71. The molecule has 3 N–H and O–H groups in total. The molecule has 0 bridgehead atoms. The highest BCUT2D eigenvalue weighted by molar-refractivity contribution is 5.76. The van der Waals surface area contributed by atoms with Crippen LogP contribution in [0.5, 0.6) is 0 Å². The van der Waals surface area contributed by atoms with Gasteiger partial charge in [0.15, 0.2) is 0 Å². The van der Waals surface area contributed by atoms with Gasteiger partial charge in [-0.3, -0.25) is 4.79 Å². The highest BCUT2D eigenvalue weighted by Crippen LogP contribution is 2.12. The molecule has 32 heavy (non-hydrogen) atoms. The van der Waals surface area contributed by atoms with Gasteiger partial charge in [0.05, 0.1) is 18.8 Å². The fourth-order valence-electron chi connectivity index (χ4n) is 4.06. The van der Waals surface area contributed by atoms with E-state index >= 15 is 0 Å². The number of unbranched alkanes of at least 4 members (excludes halogenated alkanes) is 17.